The van der Waals surface area contributed by atoms with E-state index in [2.05, 4.69) is 4.98 Å². The molecule has 2 rings (SSSR count). The van der Waals surface area contributed by atoms with Crippen LogP contribution in [0.4, 0.5) is 17.6 Å². The Morgan fingerprint density at radius 3 is 2.62 bits per heavy atom. The molecule has 0 aliphatic carbocycles. The first kappa shape index (κ1) is 15.5. The normalized spacial score (nSPS) is 13.4. The summed E-state index contributed by atoms with van der Waals surface area (Å²) in [6.07, 6.45) is -0.548. The van der Waals surface area contributed by atoms with Gasteiger partial charge in [0.1, 0.15) is 11.6 Å². The van der Waals surface area contributed by atoms with E-state index in [0.29, 0.717) is 6.42 Å². The second kappa shape index (κ2) is 5.85. The molecule has 3 nitrogen and oxygen atoms in total. The number of nitrogens with two attached hydrogens (primary N) is 1. The number of rotatable bonds is 4. The highest BCUT2D eigenvalue weighted by molar-refractivity contribution is 5.33. The number of alkyl halides is 3. The van der Waals surface area contributed by atoms with Crippen LogP contribution in [0.5, 0.6) is 0 Å². The average Bonchev–Trinajstić information content (AvgIpc) is 2.80. The van der Waals surface area contributed by atoms with Crippen molar-refractivity contribution in [1.82, 2.24) is 9.55 Å². The Bertz CT molecular complexity index is 619. The maximum absolute atomic E-state index is 13.2. The highest BCUT2D eigenvalue weighted by Gasteiger charge is 2.34. The van der Waals surface area contributed by atoms with Crippen LogP contribution in [-0.2, 0) is 19.6 Å². The van der Waals surface area contributed by atoms with Crippen LogP contribution in [0.3, 0.4) is 0 Å². The first-order valence-electron chi connectivity index (χ1n) is 6.37. The van der Waals surface area contributed by atoms with Crippen molar-refractivity contribution < 1.29 is 17.6 Å². The first-order valence-corrected chi connectivity index (χ1v) is 6.37. The van der Waals surface area contributed by atoms with E-state index in [1.807, 2.05) is 0 Å². The molecule has 1 aromatic carbocycles. The van der Waals surface area contributed by atoms with Crippen molar-refractivity contribution in [2.45, 2.75) is 25.1 Å². The standard InChI is InChI=1S/C14H15F4N3/c1-21-7-6-20-13(21)5-4-12(19)10-8-9(15)2-3-11(10)14(16,17)18/h2-3,6-8,12H,4-5,19H2,1H3. The smallest absolute Gasteiger partial charge is 0.338 e. The maximum atomic E-state index is 13.2. The van der Waals surface area contributed by atoms with Crippen molar-refractivity contribution in [3.8, 4) is 0 Å². The zero-order chi connectivity index (χ0) is 15.6. The Morgan fingerprint density at radius 2 is 2.05 bits per heavy atom. The topological polar surface area (TPSA) is 43.8 Å². The molecule has 0 aliphatic heterocycles. The van der Waals surface area contributed by atoms with Crippen LogP contribution in [-0.4, -0.2) is 9.55 Å². The van der Waals surface area contributed by atoms with Crippen LogP contribution in [0.25, 0.3) is 0 Å². The minimum absolute atomic E-state index is 0.225. The molecule has 0 amide bonds. The van der Waals surface area contributed by atoms with Gasteiger partial charge in [0, 0.05) is 31.9 Å². The van der Waals surface area contributed by atoms with Gasteiger partial charge in [0.05, 0.1) is 5.56 Å². The van der Waals surface area contributed by atoms with Crippen molar-refractivity contribution in [3.63, 3.8) is 0 Å². The summed E-state index contributed by atoms with van der Waals surface area (Å²) in [6.45, 7) is 0. The number of nitrogens with zero attached hydrogens (tertiary/aromatic N) is 2. The van der Waals surface area contributed by atoms with Crippen LogP contribution in [0, 0.1) is 5.82 Å². The summed E-state index contributed by atoms with van der Waals surface area (Å²) in [5, 5.41) is 0. The van der Waals surface area contributed by atoms with Crippen LogP contribution in [0.15, 0.2) is 30.6 Å². The molecule has 2 N–H and O–H groups in total. The third-order valence-electron chi connectivity index (χ3n) is 3.32. The van der Waals surface area contributed by atoms with Crippen LogP contribution in [0.2, 0.25) is 0 Å². The van der Waals surface area contributed by atoms with Crippen molar-refractivity contribution in [1.29, 1.82) is 0 Å². The largest absolute Gasteiger partial charge is 0.416 e. The molecule has 0 radical (unpaired) electrons. The van der Waals surface area contributed by atoms with Crippen LogP contribution >= 0.6 is 0 Å². The minimum atomic E-state index is -4.55. The number of hydrogen-bond donors (Lipinski definition) is 1. The number of halogens is 4. The molecule has 7 heteroatoms. The molecule has 0 saturated carbocycles. The first-order chi connectivity index (χ1) is 9.79. The Kier molecular flexibility index (Phi) is 4.32. The molecule has 1 unspecified atom stereocenters. The molecule has 1 aromatic heterocycles. The van der Waals surface area contributed by atoms with Gasteiger partial charge >= 0.3 is 6.18 Å². The average molecular weight is 301 g/mol. The Morgan fingerprint density at radius 1 is 1.33 bits per heavy atom. The van der Waals surface area contributed by atoms with Crippen molar-refractivity contribution in [2.24, 2.45) is 12.8 Å². The molecule has 0 spiro atoms. The second-order valence-corrected chi connectivity index (χ2v) is 4.83. The fourth-order valence-corrected chi connectivity index (χ4v) is 2.18. The number of aromatic nitrogens is 2. The van der Waals surface area contributed by atoms with E-state index >= 15 is 0 Å². The quantitative estimate of drug-likeness (QED) is 0.881. The lowest BCUT2D eigenvalue weighted by Gasteiger charge is -2.18. The Labute approximate surface area is 119 Å². The summed E-state index contributed by atoms with van der Waals surface area (Å²) >= 11 is 0. The molecule has 21 heavy (non-hydrogen) atoms. The predicted octanol–water partition coefficient (Wildman–Crippen LogP) is 3.21. The lowest BCUT2D eigenvalue weighted by molar-refractivity contribution is -0.138. The minimum Gasteiger partial charge on any atom is -0.338 e. The van der Waals surface area contributed by atoms with Gasteiger partial charge in [-0.25, -0.2) is 9.37 Å². The molecule has 0 saturated heterocycles. The summed E-state index contributed by atoms with van der Waals surface area (Å²) in [4.78, 5) is 4.08. The summed E-state index contributed by atoms with van der Waals surface area (Å²) < 4.78 is 53.8. The molecule has 1 atom stereocenters. The summed E-state index contributed by atoms with van der Waals surface area (Å²) in [5.41, 5.74) is 4.71. The third-order valence-corrected chi connectivity index (χ3v) is 3.32. The molecular formula is C14H15F4N3. The molecule has 2 aromatic rings. The van der Waals surface area contributed by atoms with Gasteiger partial charge in [0.15, 0.2) is 0 Å². The lowest BCUT2D eigenvalue weighted by Crippen LogP contribution is -2.19. The molecule has 1 heterocycles. The zero-order valence-electron chi connectivity index (χ0n) is 11.4. The number of aryl methyl sites for hydroxylation is 2. The summed E-state index contributed by atoms with van der Waals surface area (Å²) in [5.74, 6) is -0.0131. The summed E-state index contributed by atoms with van der Waals surface area (Å²) in [6, 6.07) is 1.46. The fourth-order valence-electron chi connectivity index (χ4n) is 2.18. The van der Waals surface area contributed by atoms with E-state index in [1.165, 1.54) is 0 Å². The third kappa shape index (κ3) is 3.60. The highest BCUT2D eigenvalue weighted by atomic mass is 19.4. The van der Waals surface area contributed by atoms with Crippen molar-refractivity contribution >= 4 is 0 Å². The Balaban J connectivity index is 2.20. The highest BCUT2D eigenvalue weighted by Crippen LogP contribution is 2.35. The van der Waals surface area contributed by atoms with Gasteiger partial charge in [-0.3, -0.25) is 0 Å². The molecule has 114 valence electrons. The molecule has 0 fully saturated rings. The van der Waals surface area contributed by atoms with E-state index in [4.69, 9.17) is 5.73 Å². The molecule has 0 bridgehead atoms. The van der Waals surface area contributed by atoms with E-state index in [-0.39, 0.29) is 12.0 Å². The maximum Gasteiger partial charge on any atom is 0.416 e. The van der Waals surface area contributed by atoms with Crippen LogP contribution < -0.4 is 5.73 Å². The van der Waals surface area contributed by atoms with E-state index in [1.54, 1.807) is 24.0 Å². The monoisotopic (exact) mass is 301 g/mol. The number of hydrogen-bond acceptors (Lipinski definition) is 2. The fraction of sp³-hybridized carbons (Fsp3) is 0.357. The molecule has 0 aliphatic rings. The zero-order valence-corrected chi connectivity index (χ0v) is 11.4. The van der Waals surface area contributed by atoms with Gasteiger partial charge in [-0.15, -0.1) is 0 Å². The van der Waals surface area contributed by atoms with E-state index < -0.39 is 23.6 Å². The van der Waals surface area contributed by atoms with Gasteiger partial charge in [0.25, 0.3) is 0 Å². The van der Waals surface area contributed by atoms with Gasteiger partial charge in [-0.2, -0.15) is 13.2 Å². The Hall–Kier alpha value is -1.89. The SMILES string of the molecule is Cn1ccnc1CCC(N)c1cc(F)ccc1C(F)(F)F. The summed E-state index contributed by atoms with van der Waals surface area (Å²) in [7, 11) is 1.79. The van der Waals surface area contributed by atoms with Crippen molar-refractivity contribution in [2.75, 3.05) is 0 Å². The van der Waals surface area contributed by atoms with Gasteiger partial charge in [0.2, 0.25) is 0 Å². The molecular weight excluding hydrogens is 286 g/mol. The van der Waals surface area contributed by atoms with Gasteiger partial charge < -0.3 is 10.3 Å². The van der Waals surface area contributed by atoms with E-state index in [0.717, 1.165) is 24.0 Å². The second-order valence-electron chi connectivity index (χ2n) is 4.83. The van der Waals surface area contributed by atoms with E-state index in [9.17, 15) is 17.6 Å². The number of benzene rings is 1. The van der Waals surface area contributed by atoms with Crippen molar-refractivity contribution in [3.05, 3.63) is 53.4 Å². The van der Waals surface area contributed by atoms with Crippen LogP contribution in [0.1, 0.15) is 29.4 Å². The van der Waals surface area contributed by atoms with Gasteiger partial charge in [-0.1, -0.05) is 0 Å². The number of imidazole rings is 1. The van der Waals surface area contributed by atoms with Gasteiger partial charge in [-0.05, 0) is 30.2 Å². The lowest BCUT2D eigenvalue weighted by atomic mass is 9.96. The predicted molar refractivity (Wildman–Crippen MR) is 69.9 cm³/mol.